The Labute approximate surface area is 151 Å². The van der Waals surface area contributed by atoms with E-state index in [9.17, 15) is 18.0 Å². The molecule has 0 atom stereocenters. The lowest BCUT2D eigenvalue weighted by Crippen LogP contribution is -2.24. The Morgan fingerprint density at radius 1 is 1.29 bits per heavy atom. The number of hydrogen-bond donors (Lipinski definition) is 1. The fourth-order valence-corrected chi connectivity index (χ4v) is 4.47. The first-order valence-electron chi connectivity index (χ1n) is 6.71. The van der Waals surface area contributed by atoms with Gasteiger partial charge in [0.05, 0.1) is 18.4 Å². The average Bonchev–Trinajstić information content (AvgIpc) is 2.93. The molecule has 1 amide bonds. The minimum atomic E-state index is -3.64. The van der Waals surface area contributed by atoms with E-state index in [-0.39, 0.29) is 16.3 Å². The summed E-state index contributed by atoms with van der Waals surface area (Å²) in [6.45, 7) is 0. The number of hydrogen-bond acceptors (Lipinski definition) is 6. The van der Waals surface area contributed by atoms with Crippen LogP contribution in [-0.2, 0) is 25.1 Å². The number of amides is 1. The second-order valence-electron chi connectivity index (χ2n) is 4.87. The van der Waals surface area contributed by atoms with E-state index in [4.69, 9.17) is 0 Å². The summed E-state index contributed by atoms with van der Waals surface area (Å²) in [5, 5.41) is 4.33. The molecule has 2 rings (SSSR count). The van der Waals surface area contributed by atoms with Gasteiger partial charge in [0.15, 0.2) is 9.84 Å². The molecule has 1 aromatic heterocycles. The SMILES string of the molecule is COC(=O)c1ccsc1NC(=O)CS(=O)(=O)Cc1cccc(Br)c1. The third-order valence-electron chi connectivity index (χ3n) is 2.95. The molecular weight excluding hydrogens is 418 g/mol. The van der Waals surface area contributed by atoms with Gasteiger partial charge in [-0.25, -0.2) is 13.2 Å². The molecule has 1 aromatic carbocycles. The maximum Gasteiger partial charge on any atom is 0.340 e. The Hall–Kier alpha value is -1.71. The van der Waals surface area contributed by atoms with Crippen molar-refractivity contribution in [3.8, 4) is 0 Å². The zero-order chi connectivity index (χ0) is 17.7. The number of thiophene rings is 1. The molecule has 0 aliphatic carbocycles. The molecular formula is C15H14BrNO5S2. The molecule has 0 saturated carbocycles. The minimum Gasteiger partial charge on any atom is -0.465 e. The van der Waals surface area contributed by atoms with Gasteiger partial charge in [-0.2, -0.15) is 0 Å². The van der Waals surface area contributed by atoms with Crippen LogP contribution >= 0.6 is 27.3 Å². The standard InChI is InChI=1S/C15H14BrNO5S2/c1-22-15(19)12-5-6-23-14(12)17-13(18)9-24(20,21)8-10-3-2-4-11(16)7-10/h2-7H,8-9H2,1H3,(H,17,18). The molecule has 1 heterocycles. The molecule has 0 radical (unpaired) electrons. The number of esters is 1. The quantitative estimate of drug-likeness (QED) is 0.710. The number of sulfone groups is 1. The lowest BCUT2D eigenvalue weighted by molar-refractivity contribution is -0.113. The molecule has 1 N–H and O–H groups in total. The molecule has 0 aliphatic rings. The molecule has 128 valence electrons. The van der Waals surface area contributed by atoms with Crippen LogP contribution in [0.4, 0.5) is 5.00 Å². The maximum absolute atomic E-state index is 12.2. The van der Waals surface area contributed by atoms with Gasteiger partial charge in [-0.05, 0) is 29.1 Å². The first-order valence-corrected chi connectivity index (χ1v) is 10.2. The van der Waals surface area contributed by atoms with E-state index < -0.39 is 27.5 Å². The third kappa shape index (κ3) is 5.15. The highest BCUT2D eigenvalue weighted by Crippen LogP contribution is 2.24. The van der Waals surface area contributed by atoms with Gasteiger partial charge in [-0.15, -0.1) is 11.3 Å². The number of anilines is 1. The Morgan fingerprint density at radius 3 is 2.71 bits per heavy atom. The predicted octanol–water partition coefficient (Wildman–Crippen LogP) is 2.85. The van der Waals surface area contributed by atoms with Gasteiger partial charge >= 0.3 is 5.97 Å². The lowest BCUT2D eigenvalue weighted by atomic mass is 10.2. The van der Waals surface area contributed by atoms with Gasteiger partial charge in [0.2, 0.25) is 5.91 Å². The van der Waals surface area contributed by atoms with Gasteiger partial charge in [0.1, 0.15) is 10.8 Å². The van der Waals surface area contributed by atoms with Crippen molar-refractivity contribution in [1.29, 1.82) is 0 Å². The van der Waals surface area contributed by atoms with Crippen molar-refractivity contribution in [3.63, 3.8) is 0 Å². The summed E-state index contributed by atoms with van der Waals surface area (Å²) in [7, 11) is -2.41. The van der Waals surface area contributed by atoms with Crippen LogP contribution < -0.4 is 5.32 Å². The molecule has 2 aromatic rings. The summed E-state index contributed by atoms with van der Waals surface area (Å²) in [6.07, 6.45) is 0. The van der Waals surface area contributed by atoms with Crippen molar-refractivity contribution >= 4 is 54.0 Å². The normalized spacial score (nSPS) is 11.1. The molecule has 9 heteroatoms. The van der Waals surface area contributed by atoms with Gasteiger partial charge in [-0.1, -0.05) is 28.1 Å². The summed E-state index contributed by atoms with van der Waals surface area (Å²) in [4.78, 5) is 23.5. The van der Waals surface area contributed by atoms with Crippen LogP contribution in [0.25, 0.3) is 0 Å². The fourth-order valence-electron chi connectivity index (χ4n) is 1.97. The Morgan fingerprint density at radius 2 is 2.04 bits per heavy atom. The summed E-state index contributed by atoms with van der Waals surface area (Å²) in [5.41, 5.74) is 0.781. The second kappa shape index (κ2) is 7.91. The highest BCUT2D eigenvalue weighted by atomic mass is 79.9. The van der Waals surface area contributed by atoms with Crippen molar-refractivity contribution in [2.45, 2.75) is 5.75 Å². The monoisotopic (exact) mass is 431 g/mol. The van der Waals surface area contributed by atoms with Crippen LogP contribution in [0.1, 0.15) is 15.9 Å². The number of carbonyl (C=O) groups is 2. The van der Waals surface area contributed by atoms with E-state index in [0.717, 1.165) is 15.8 Å². The van der Waals surface area contributed by atoms with Crippen LogP contribution in [0.2, 0.25) is 0 Å². The summed E-state index contributed by atoms with van der Waals surface area (Å²) in [5.74, 6) is -2.20. The highest BCUT2D eigenvalue weighted by molar-refractivity contribution is 9.10. The number of halogens is 1. The minimum absolute atomic E-state index is 0.195. The Balaban J connectivity index is 2.04. The van der Waals surface area contributed by atoms with Crippen molar-refractivity contribution in [1.82, 2.24) is 0 Å². The first-order chi connectivity index (χ1) is 11.3. The molecule has 0 aliphatic heterocycles. The van der Waals surface area contributed by atoms with Crippen molar-refractivity contribution in [2.24, 2.45) is 0 Å². The molecule has 6 nitrogen and oxygen atoms in total. The molecule has 0 bridgehead atoms. The van der Waals surface area contributed by atoms with E-state index in [2.05, 4.69) is 26.0 Å². The summed E-state index contributed by atoms with van der Waals surface area (Å²) < 4.78 is 29.7. The summed E-state index contributed by atoms with van der Waals surface area (Å²) in [6, 6.07) is 8.37. The van der Waals surface area contributed by atoms with E-state index in [1.807, 2.05) is 0 Å². The molecule has 0 spiro atoms. The number of benzene rings is 1. The van der Waals surface area contributed by atoms with E-state index in [1.54, 1.807) is 29.6 Å². The van der Waals surface area contributed by atoms with E-state index in [0.29, 0.717) is 5.56 Å². The number of ether oxygens (including phenoxy) is 1. The molecule has 0 fully saturated rings. The van der Waals surface area contributed by atoms with Gasteiger partial charge in [-0.3, -0.25) is 4.79 Å². The van der Waals surface area contributed by atoms with Crippen molar-refractivity contribution in [2.75, 3.05) is 18.2 Å². The average molecular weight is 432 g/mol. The molecule has 0 unspecified atom stereocenters. The lowest BCUT2D eigenvalue weighted by Gasteiger charge is -2.07. The molecule has 24 heavy (non-hydrogen) atoms. The van der Waals surface area contributed by atoms with Gasteiger partial charge in [0.25, 0.3) is 0 Å². The van der Waals surface area contributed by atoms with Crippen molar-refractivity contribution in [3.05, 3.63) is 51.3 Å². The van der Waals surface area contributed by atoms with E-state index >= 15 is 0 Å². The first kappa shape index (κ1) is 18.6. The van der Waals surface area contributed by atoms with Crippen molar-refractivity contribution < 1.29 is 22.7 Å². The maximum atomic E-state index is 12.2. The third-order valence-corrected chi connectivity index (χ3v) is 5.75. The predicted molar refractivity (Wildman–Crippen MR) is 95.9 cm³/mol. The Bertz CT molecular complexity index is 860. The zero-order valence-electron chi connectivity index (χ0n) is 12.6. The van der Waals surface area contributed by atoms with Crippen LogP contribution in [0.5, 0.6) is 0 Å². The Kier molecular flexibility index (Phi) is 6.14. The smallest absolute Gasteiger partial charge is 0.340 e. The highest BCUT2D eigenvalue weighted by Gasteiger charge is 2.20. The van der Waals surface area contributed by atoms with Crippen LogP contribution in [0.3, 0.4) is 0 Å². The van der Waals surface area contributed by atoms with Crippen LogP contribution in [0, 0.1) is 0 Å². The molecule has 0 saturated heterocycles. The zero-order valence-corrected chi connectivity index (χ0v) is 15.8. The largest absolute Gasteiger partial charge is 0.465 e. The van der Waals surface area contributed by atoms with Crippen LogP contribution in [-0.4, -0.2) is 33.2 Å². The number of methoxy groups -OCH3 is 1. The topological polar surface area (TPSA) is 89.5 Å². The van der Waals surface area contributed by atoms with Crippen LogP contribution in [0.15, 0.2) is 40.2 Å². The summed E-state index contributed by atoms with van der Waals surface area (Å²) >= 11 is 4.39. The van der Waals surface area contributed by atoms with Gasteiger partial charge in [0, 0.05) is 4.47 Å². The van der Waals surface area contributed by atoms with Gasteiger partial charge < -0.3 is 10.1 Å². The fraction of sp³-hybridized carbons (Fsp3) is 0.200. The second-order valence-corrected chi connectivity index (χ2v) is 8.76. The van der Waals surface area contributed by atoms with E-state index in [1.165, 1.54) is 13.2 Å². The number of carbonyl (C=O) groups excluding carboxylic acids is 2. The number of rotatable bonds is 6. The number of nitrogens with one attached hydrogen (secondary N) is 1.